The molecule has 1 unspecified atom stereocenters. The highest BCUT2D eigenvalue weighted by Gasteiger charge is 2.22. The van der Waals surface area contributed by atoms with E-state index in [2.05, 4.69) is 12.0 Å². The lowest BCUT2D eigenvalue weighted by atomic mass is 9.89. The van der Waals surface area contributed by atoms with Gasteiger partial charge < -0.3 is 4.74 Å². The van der Waals surface area contributed by atoms with Gasteiger partial charge in [0.15, 0.2) is 0 Å². The Morgan fingerprint density at radius 2 is 2.21 bits per heavy atom. The highest BCUT2D eigenvalue weighted by Crippen LogP contribution is 2.21. The summed E-state index contributed by atoms with van der Waals surface area (Å²) in [7, 11) is 0. The van der Waals surface area contributed by atoms with Crippen LogP contribution in [0.1, 0.15) is 32.1 Å². The average Bonchev–Trinajstić information content (AvgIpc) is 2.26. The van der Waals surface area contributed by atoms with E-state index in [0.717, 1.165) is 38.9 Å². The van der Waals surface area contributed by atoms with E-state index in [1.807, 2.05) is 6.08 Å². The van der Waals surface area contributed by atoms with E-state index in [4.69, 9.17) is 10.6 Å². The molecule has 1 saturated heterocycles. The molecule has 0 aromatic rings. The number of hydrazine groups is 1. The minimum absolute atomic E-state index is 0.457. The number of rotatable bonds is 6. The fourth-order valence-corrected chi connectivity index (χ4v) is 2.06. The van der Waals surface area contributed by atoms with Crippen LogP contribution in [0.4, 0.5) is 0 Å². The summed E-state index contributed by atoms with van der Waals surface area (Å²) in [6, 6.07) is 0.457. The lowest BCUT2D eigenvalue weighted by Crippen LogP contribution is -2.42. The van der Waals surface area contributed by atoms with Crippen LogP contribution in [0.2, 0.25) is 0 Å². The zero-order valence-electron chi connectivity index (χ0n) is 8.87. The van der Waals surface area contributed by atoms with Crippen molar-refractivity contribution in [1.29, 1.82) is 0 Å². The third-order valence-electron chi connectivity index (χ3n) is 2.97. The van der Waals surface area contributed by atoms with Gasteiger partial charge in [-0.3, -0.25) is 11.3 Å². The first-order chi connectivity index (χ1) is 6.88. The van der Waals surface area contributed by atoms with Gasteiger partial charge in [-0.15, -0.1) is 6.58 Å². The summed E-state index contributed by atoms with van der Waals surface area (Å²) < 4.78 is 5.34. The van der Waals surface area contributed by atoms with Crippen molar-refractivity contribution in [2.45, 2.75) is 38.1 Å². The number of hydrogen-bond acceptors (Lipinski definition) is 3. The van der Waals surface area contributed by atoms with Crippen molar-refractivity contribution in [2.75, 3.05) is 13.2 Å². The molecule has 1 rings (SSSR count). The number of nitrogens with one attached hydrogen (secondary N) is 1. The van der Waals surface area contributed by atoms with Crippen molar-refractivity contribution in [3.8, 4) is 0 Å². The Morgan fingerprint density at radius 3 is 2.79 bits per heavy atom. The molecule has 3 heteroatoms. The van der Waals surface area contributed by atoms with Crippen LogP contribution in [-0.2, 0) is 4.74 Å². The molecule has 0 saturated carbocycles. The summed E-state index contributed by atoms with van der Waals surface area (Å²) >= 11 is 0. The van der Waals surface area contributed by atoms with Crippen LogP contribution in [0.25, 0.3) is 0 Å². The fraction of sp³-hybridized carbons (Fsp3) is 0.818. The van der Waals surface area contributed by atoms with E-state index in [9.17, 15) is 0 Å². The minimum Gasteiger partial charge on any atom is -0.381 e. The molecule has 0 aliphatic carbocycles. The fourth-order valence-electron chi connectivity index (χ4n) is 2.06. The van der Waals surface area contributed by atoms with E-state index in [-0.39, 0.29) is 0 Å². The Balaban J connectivity index is 2.24. The Bertz CT molecular complexity index is 155. The minimum atomic E-state index is 0.457. The van der Waals surface area contributed by atoms with Gasteiger partial charge in [-0.25, -0.2) is 0 Å². The summed E-state index contributed by atoms with van der Waals surface area (Å²) in [5, 5.41) is 0. The number of allylic oxidation sites excluding steroid dienone is 1. The van der Waals surface area contributed by atoms with E-state index in [0.29, 0.717) is 12.0 Å². The molecule has 0 aromatic heterocycles. The molecule has 0 spiro atoms. The van der Waals surface area contributed by atoms with E-state index >= 15 is 0 Å². The van der Waals surface area contributed by atoms with Gasteiger partial charge in [0.2, 0.25) is 0 Å². The number of ether oxygens (including phenoxy) is 1. The molecular formula is C11H22N2O. The first-order valence-electron chi connectivity index (χ1n) is 5.53. The van der Waals surface area contributed by atoms with Crippen molar-refractivity contribution >= 4 is 0 Å². The molecular weight excluding hydrogens is 176 g/mol. The molecule has 0 amide bonds. The van der Waals surface area contributed by atoms with E-state index < -0.39 is 0 Å². The van der Waals surface area contributed by atoms with Crippen molar-refractivity contribution in [3.63, 3.8) is 0 Å². The van der Waals surface area contributed by atoms with Gasteiger partial charge in [-0.1, -0.05) is 6.08 Å². The Labute approximate surface area is 86.7 Å². The van der Waals surface area contributed by atoms with Crippen LogP contribution < -0.4 is 11.3 Å². The summed E-state index contributed by atoms with van der Waals surface area (Å²) in [5.41, 5.74) is 2.94. The number of hydrogen-bond donors (Lipinski definition) is 2. The molecule has 0 bridgehead atoms. The first kappa shape index (κ1) is 11.7. The summed E-state index contributed by atoms with van der Waals surface area (Å²) in [5.74, 6) is 6.26. The predicted octanol–water partition coefficient (Wildman–Crippen LogP) is 1.60. The number of unbranched alkanes of at least 4 members (excludes halogenated alkanes) is 1. The quantitative estimate of drug-likeness (QED) is 0.295. The molecule has 1 atom stereocenters. The molecule has 1 heterocycles. The first-order valence-corrected chi connectivity index (χ1v) is 5.53. The molecule has 82 valence electrons. The van der Waals surface area contributed by atoms with Gasteiger partial charge in [0.25, 0.3) is 0 Å². The Hall–Kier alpha value is -0.380. The second kappa shape index (κ2) is 6.98. The van der Waals surface area contributed by atoms with Crippen molar-refractivity contribution < 1.29 is 4.74 Å². The summed E-state index contributed by atoms with van der Waals surface area (Å²) in [6.45, 7) is 5.51. The van der Waals surface area contributed by atoms with E-state index in [1.54, 1.807) is 0 Å². The smallest absolute Gasteiger partial charge is 0.0469 e. The van der Waals surface area contributed by atoms with E-state index in [1.165, 1.54) is 6.42 Å². The van der Waals surface area contributed by atoms with Crippen LogP contribution in [0.5, 0.6) is 0 Å². The van der Waals surface area contributed by atoms with Crippen molar-refractivity contribution in [3.05, 3.63) is 12.7 Å². The molecule has 1 fully saturated rings. The normalized spacial score (nSPS) is 20.6. The Morgan fingerprint density at radius 1 is 1.50 bits per heavy atom. The van der Waals surface area contributed by atoms with Crippen molar-refractivity contribution in [1.82, 2.24) is 5.43 Å². The third kappa shape index (κ3) is 3.78. The van der Waals surface area contributed by atoms with Crippen LogP contribution in [0, 0.1) is 5.92 Å². The second-order valence-electron chi connectivity index (χ2n) is 3.94. The van der Waals surface area contributed by atoms with Gasteiger partial charge in [-0.2, -0.15) is 0 Å². The largest absolute Gasteiger partial charge is 0.381 e. The van der Waals surface area contributed by atoms with Crippen LogP contribution >= 0.6 is 0 Å². The van der Waals surface area contributed by atoms with Crippen LogP contribution in [0.15, 0.2) is 12.7 Å². The summed E-state index contributed by atoms with van der Waals surface area (Å²) in [6.07, 6.45) is 7.66. The predicted molar refractivity (Wildman–Crippen MR) is 58.7 cm³/mol. The Kier molecular flexibility index (Phi) is 5.83. The van der Waals surface area contributed by atoms with Gasteiger partial charge in [0, 0.05) is 19.3 Å². The SMILES string of the molecule is C=CCCCC(NN)C1CCOCC1. The molecule has 0 aromatic carbocycles. The molecule has 3 nitrogen and oxygen atoms in total. The highest BCUT2D eigenvalue weighted by molar-refractivity contribution is 4.78. The van der Waals surface area contributed by atoms with Gasteiger partial charge in [0.05, 0.1) is 0 Å². The maximum absolute atomic E-state index is 5.57. The zero-order chi connectivity index (χ0) is 10.2. The van der Waals surface area contributed by atoms with Crippen LogP contribution in [0.3, 0.4) is 0 Å². The second-order valence-corrected chi connectivity index (χ2v) is 3.94. The zero-order valence-corrected chi connectivity index (χ0v) is 8.87. The van der Waals surface area contributed by atoms with Gasteiger partial charge >= 0.3 is 0 Å². The van der Waals surface area contributed by atoms with Gasteiger partial charge in [-0.05, 0) is 38.0 Å². The lowest BCUT2D eigenvalue weighted by molar-refractivity contribution is 0.0523. The molecule has 1 aliphatic rings. The average molecular weight is 198 g/mol. The maximum atomic E-state index is 5.57. The third-order valence-corrected chi connectivity index (χ3v) is 2.97. The lowest BCUT2D eigenvalue weighted by Gasteiger charge is -2.29. The molecule has 3 N–H and O–H groups in total. The maximum Gasteiger partial charge on any atom is 0.0469 e. The molecule has 14 heavy (non-hydrogen) atoms. The van der Waals surface area contributed by atoms with Gasteiger partial charge in [0.1, 0.15) is 0 Å². The molecule has 0 radical (unpaired) electrons. The van der Waals surface area contributed by atoms with Crippen LogP contribution in [-0.4, -0.2) is 19.3 Å². The monoisotopic (exact) mass is 198 g/mol. The molecule has 1 aliphatic heterocycles. The van der Waals surface area contributed by atoms with Crippen molar-refractivity contribution in [2.24, 2.45) is 11.8 Å². The number of nitrogens with two attached hydrogens (primary N) is 1. The summed E-state index contributed by atoms with van der Waals surface area (Å²) in [4.78, 5) is 0. The topological polar surface area (TPSA) is 47.3 Å². The highest BCUT2D eigenvalue weighted by atomic mass is 16.5. The standard InChI is InChI=1S/C11H22N2O/c1-2-3-4-5-11(13-12)10-6-8-14-9-7-10/h2,10-11,13H,1,3-9,12H2.